The standard InChI is InChI=1S/C65H106NO8P/c1-6-8-10-12-14-16-18-19-20-21-22-23-24-25-26-27-28-29-30-31-32-33-34-35-36-37-38-39-40-41-42-43-44-45-46-47-48-50-52-54-56-58-65(68)74-63(62-73-75(69,70)72-60-59-66(3,4)5)61-71-64(67)57-55-53-51-49-17-15-13-11-9-7-2/h8,10,14,16,19-20,22-23,25-26,28-29,31-32,34-35,37-38,40-41,43-44,46-47,63H,6-7,9,11-13,15,17-18,21,24,27,30,33,36,39,42,45,48-62H2,1-5H3/b10-8-,16-14-,20-19-,23-22-,26-25-,29-28-,32-31-,35-34-,38-37-,41-40-,44-43-,47-46-. The molecule has 0 radical (unpaired) electrons. The topological polar surface area (TPSA) is 111 Å². The summed E-state index contributed by atoms with van der Waals surface area (Å²) in [5, 5.41) is 0. The van der Waals surface area contributed by atoms with Gasteiger partial charge < -0.3 is 27.9 Å². The van der Waals surface area contributed by atoms with Crippen LogP contribution in [0, 0.1) is 0 Å². The van der Waals surface area contributed by atoms with Gasteiger partial charge in [0.1, 0.15) is 19.8 Å². The molecule has 0 saturated carbocycles. The number of carbonyl (C=O) groups is 2. The average Bonchev–Trinajstić information content (AvgIpc) is 3.37. The van der Waals surface area contributed by atoms with Gasteiger partial charge in [-0.3, -0.25) is 14.2 Å². The third-order valence-electron chi connectivity index (χ3n) is 11.6. The lowest BCUT2D eigenvalue weighted by Crippen LogP contribution is -2.37. The van der Waals surface area contributed by atoms with Crippen molar-refractivity contribution in [2.24, 2.45) is 0 Å². The Labute approximate surface area is 459 Å². The molecule has 0 amide bonds. The fourth-order valence-electron chi connectivity index (χ4n) is 7.16. The van der Waals surface area contributed by atoms with Crippen molar-refractivity contribution in [1.82, 2.24) is 0 Å². The summed E-state index contributed by atoms with van der Waals surface area (Å²) in [4.78, 5) is 37.6. The van der Waals surface area contributed by atoms with Gasteiger partial charge in [0.05, 0.1) is 27.7 Å². The SMILES string of the molecule is CC/C=C\C/C=C\C/C=C\C/C=C\C/C=C\C/C=C\C/C=C\C/C=C\C/C=C\C/C=C\C/C=C\C/C=C\CCCCCCC(=O)OC(COC(=O)CCCCCCCCCCCC)COP(=O)([O-])OCC[N+](C)(C)C. The minimum Gasteiger partial charge on any atom is -0.756 e. The number of allylic oxidation sites excluding steroid dienone is 24. The van der Waals surface area contributed by atoms with Crippen LogP contribution in [0.15, 0.2) is 146 Å². The fraction of sp³-hybridized carbons (Fsp3) is 0.600. The maximum atomic E-state index is 12.7. The van der Waals surface area contributed by atoms with Crippen LogP contribution in [0.1, 0.15) is 200 Å². The number of phosphoric acid groups is 1. The Morgan fingerprint density at radius 2 is 0.760 bits per heavy atom. The Bertz CT molecular complexity index is 1770. The minimum atomic E-state index is -4.64. The molecule has 424 valence electrons. The van der Waals surface area contributed by atoms with E-state index in [9.17, 15) is 19.0 Å². The van der Waals surface area contributed by atoms with E-state index in [-0.39, 0.29) is 26.1 Å². The van der Waals surface area contributed by atoms with Gasteiger partial charge in [0.25, 0.3) is 7.82 Å². The summed E-state index contributed by atoms with van der Waals surface area (Å²) < 4.78 is 34.0. The molecular weight excluding hydrogens is 954 g/mol. The lowest BCUT2D eigenvalue weighted by atomic mass is 10.1. The number of hydrogen-bond donors (Lipinski definition) is 0. The second kappa shape index (κ2) is 54.7. The predicted molar refractivity (Wildman–Crippen MR) is 318 cm³/mol. The molecule has 0 aromatic heterocycles. The summed E-state index contributed by atoms with van der Waals surface area (Å²) in [7, 11) is 1.13. The number of unbranched alkanes of at least 4 members (excludes halogenated alkanes) is 13. The summed E-state index contributed by atoms with van der Waals surface area (Å²) in [6.07, 6.45) is 80.6. The first-order valence-corrected chi connectivity index (χ1v) is 30.5. The lowest BCUT2D eigenvalue weighted by molar-refractivity contribution is -0.870. The number of nitrogens with zero attached hydrogens (tertiary/aromatic N) is 1. The van der Waals surface area contributed by atoms with Crippen molar-refractivity contribution in [3.63, 3.8) is 0 Å². The molecule has 0 N–H and O–H groups in total. The summed E-state index contributed by atoms with van der Waals surface area (Å²) >= 11 is 0. The fourth-order valence-corrected chi connectivity index (χ4v) is 7.89. The molecule has 0 saturated heterocycles. The van der Waals surface area contributed by atoms with Gasteiger partial charge in [-0.05, 0) is 103 Å². The van der Waals surface area contributed by atoms with Crippen molar-refractivity contribution in [2.45, 2.75) is 206 Å². The maximum Gasteiger partial charge on any atom is 0.306 e. The van der Waals surface area contributed by atoms with E-state index in [1.54, 1.807) is 0 Å². The van der Waals surface area contributed by atoms with Gasteiger partial charge in [-0.15, -0.1) is 0 Å². The Morgan fingerprint density at radius 1 is 0.427 bits per heavy atom. The van der Waals surface area contributed by atoms with E-state index >= 15 is 0 Å². The number of quaternary nitrogens is 1. The van der Waals surface area contributed by atoms with E-state index in [0.717, 1.165) is 122 Å². The van der Waals surface area contributed by atoms with Gasteiger partial charge in [0, 0.05) is 12.8 Å². The van der Waals surface area contributed by atoms with Crippen molar-refractivity contribution in [3.8, 4) is 0 Å². The van der Waals surface area contributed by atoms with Crippen LogP contribution < -0.4 is 4.89 Å². The lowest BCUT2D eigenvalue weighted by Gasteiger charge is -2.28. The first-order chi connectivity index (χ1) is 36.5. The highest BCUT2D eigenvalue weighted by molar-refractivity contribution is 7.45. The molecule has 2 unspecified atom stereocenters. The van der Waals surface area contributed by atoms with Gasteiger partial charge in [0.15, 0.2) is 6.10 Å². The average molecular weight is 1060 g/mol. The summed E-state index contributed by atoms with van der Waals surface area (Å²) in [6.45, 7) is 4.05. The van der Waals surface area contributed by atoms with Gasteiger partial charge >= 0.3 is 11.9 Å². The largest absolute Gasteiger partial charge is 0.756 e. The Balaban J connectivity index is 4.15. The molecule has 75 heavy (non-hydrogen) atoms. The number of phosphoric ester groups is 1. The third kappa shape index (κ3) is 59.0. The van der Waals surface area contributed by atoms with Crippen molar-refractivity contribution in [2.75, 3.05) is 47.5 Å². The monoisotopic (exact) mass is 1060 g/mol. The van der Waals surface area contributed by atoms with Gasteiger partial charge in [-0.25, -0.2) is 0 Å². The van der Waals surface area contributed by atoms with E-state index in [1.165, 1.54) is 44.9 Å². The first kappa shape index (κ1) is 70.9. The van der Waals surface area contributed by atoms with E-state index in [0.29, 0.717) is 17.4 Å². The van der Waals surface area contributed by atoms with Gasteiger partial charge in [0.2, 0.25) is 0 Å². The highest BCUT2D eigenvalue weighted by atomic mass is 31.2. The molecule has 0 aliphatic carbocycles. The van der Waals surface area contributed by atoms with Crippen LogP contribution in [0.4, 0.5) is 0 Å². The molecule has 2 atom stereocenters. The highest BCUT2D eigenvalue weighted by Crippen LogP contribution is 2.38. The molecule has 0 fully saturated rings. The predicted octanol–water partition coefficient (Wildman–Crippen LogP) is 17.7. The molecule has 0 rings (SSSR count). The van der Waals surface area contributed by atoms with Crippen LogP contribution in [0.2, 0.25) is 0 Å². The number of esters is 2. The number of hydrogen-bond acceptors (Lipinski definition) is 8. The van der Waals surface area contributed by atoms with Crippen molar-refractivity contribution >= 4 is 19.8 Å². The minimum absolute atomic E-state index is 0.0425. The van der Waals surface area contributed by atoms with E-state index in [4.69, 9.17) is 18.5 Å². The van der Waals surface area contributed by atoms with Crippen molar-refractivity contribution in [3.05, 3.63) is 146 Å². The smallest absolute Gasteiger partial charge is 0.306 e. The number of rotatable bonds is 51. The van der Waals surface area contributed by atoms with E-state index in [1.807, 2.05) is 21.1 Å². The molecule has 0 aliphatic rings. The van der Waals surface area contributed by atoms with E-state index < -0.39 is 32.5 Å². The van der Waals surface area contributed by atoms with Crippen LogP contribution in [0.25, 0.3) is 0 Å². The van der Waals surface area contributed by atoms with Crippen LogP contribution in [-0.2, 0) is 32.7 Å². The maximum absolute atomic E-state index is 12.7. The Morgan fingerprint density at radius 3 is 1.13 bits per heavy atom. The zero-order chi connectivity index (χ0) is 54.9. The molecule has 0 bridgehead atoms. The zero-order valence-corrected chi connectivity index (χ0v) is 48.8. The van der Waals surface area contributed by atoms with Crippen LogP contribution in [0.3, 0.4) is 0 Å². The molecule has 10 heteroatoms. The highest BCUT2D eigenvalue weighted by Gasteiger charge is 2.21. The van der Waals surface area contributed by atoms with Crippen LogP contribution in [0.5, 0.6) is 0 Å². The van der Waals surface area contributed by atoms with Gasteiger partial charge in [-0.1, -0.05) is 230 Å². The summed E-state index contributed by atoms with van der Waals surface area (Å²) in [5.41, 5.74) is 0. The van der Waals surface area contributed by atoms with Crippen molar-refractivity contribution < 1.29 is 42.1 Å². The third-order valence-corrected chi connectivity index (χ3v) is 12.6. The van der Waals surface area contributed by atoms with Crippen LogP contribution >= 0.6 is 7.82 Å². The van der Waals surface area contributed by atoms with Crippen molar-refractivity contribution in [1.29, 1.82) is 0 Å². The Kier molecular flexibility index (Phi) is 51.7. The van der Waals surface area contributed by atoms with Crippen LogP contribution in [-0.4, -0.2) is 70.0 Å². The molecule has 0 heterocycles. The molecular formula is C65H106NO8P. The van der Waals surface area contributed by atoms with E-state index in [2.05, 4.69) is 160 Å². The first-order valence-electron chi connectivity index (χ1n) is 29.0. The molecule has 0 spiro atoms. The number of carbonyl (C=O) groups excluding carboxylic acids is 2. The Hall–Kier alpha value is -4.11. The second-order valence-corrected chi connectivity index (χ2v) is 21.3. The quantitative estimate of drug-likeness (QED) is 0.0195. The number of ether oxygens (including phenoxy) is 2. The molecule has 0 aromatic rings. The summed E-state index contributed by atoms with van der Waals surface area (Å²) in [5.74, 6) is -0.875. The second-order valence-electron chi connectivity index (χ2n) is 19.9. The molecule has 0 aliphatic heterocycles. The molecule has 9 nitrogen and oxygen atoms in total. The molecule has 0 aromatic carbocycles. The zero-order valence-electron chi connectivity index (χ0n) is 47.9. The number of likely N-dealkylation sites (N-methyl/N-ethyl adjacent to an activating group) is 1. The normalized spacial score (nSPS) is 14.4. The van der Waals surface area contributed by atoms with Gasteiger partial charge in [-0.2, -0.15) is 0 Å². The summed E-state index contributed by atoms with van der Waals surface area (Å²) in [6, 6.07) is 0.